The Labute approximate surface area is 213 Å². The number of rotatable bonds is 7. The zero-order valence-corrected chi connectivity index (χ0v) is 21.6. The van der Waals surface area contributed by atoms with Crippen LogP contribution in [-0.4, -0.2) is 63.5 Å². The molecule has 5 atom stereocenters. The number of fused-ring (bicyclic) bond motifs is 1. The van der Waals surface area contributed by atoms with Crippen LogP contribution in [-0.2, 0) is 14.4 Å². The van der Waals surface area contributed by atoms with Gasteiger partial charge >= 0.3 is 0 Å². The summed E-state index contributed by atoms with van der Waals surface area (Å²) in [6, 6.07) is -2.03. The van der Waals surface area contributed by atoms with Crippen molar-refractivity contribution in [1.82, 2.24) is 25.5 Å². The Bertz CT molecular complexity index is 957. The third kappa shape index (κ3) is 5.60. The first-order chi connectivity index (χ1) is 17.2. The first-order valence-electron chi connectivity index (χ1n) is 13.3. The Hall–Kier alpha value is -2.84. The van der Waals surface area contributed by atoms with Crippen LogP contribution in [0.25, 0.3) is 0 Å². The van der Waals surface area contributed by atoms with Crippen LogP contribution in [0.3, 0.4) is 0 Å². The molecule has 196 valence electrons. The number of carbonyl (C=O) groups excluding carboxylic acids is 4. The van der Waals surface area contributed by atoms with Gasteiger partial charge in [0.2, 0.25) is 11.8 Å². The molecule has 3 fully saturated rings. The normalized spacial score (nSPS) is 26.1. The van der Waals surface area contributed by atoms with Crippen LogP contribution in [0, 0.1) is 23.2 Å². The van der Waals surface area contributed by atoms with Crippen molar-refractivity contribution in [3.05, 3.63) is 24.3 Å². The summed E-state index contributed by atoms with van der Waals surface area (Å²) in [5, 5.41) is 5.89. The number of amides is 3. The summed E-state index contributed by atoms with van der Waals surface area (Å²) in [5.41, 5.74) is -0.434. The lowest BCUT2D eigenvalue weighted by atomic mass is 9.82. The van der Waals surface area contributed by atoms with Crippen molar-refractivity contribution in [3.8, 4) is 0 Å². The van der Waals surface area contributed by atoms with Crippen molar-refractivity contribution in [3.63, 3.8) is 0 Å². The van der Waals surface area contributed by atoms with Crippen molar-refractivity contribution < 1.29 is 19.2 Å². The molecule has 0 bridgehead atoms. The van der Waals surface area contributed by atoms with Gasteiger partial charge in [0.25, 0.3) is 5.91 Å². The molecule has 4 rings (SSSR count). The van der Waals surface area contributed by atoms with Crippen LogP contribution in [0.5, 0.6) is 0 Å². The van der Waals surface area contributed by atoms with Crippen LogP contribution < -0.4 is 10.6 Å². The smallest absolute Gasteiger partial charge is 0.272 e. The SMILES string of the molecule is CC(C)(C)C(NC(=O)[C@@H](NC(=O)c1cnccn1)C1CCCCC1)C(=O)N1CC2CCCC2[C@H]1C=O. The maximum atomic E-state index is 13.8. The lowest BCUT2D eigenvalue weighted by molar-refractivity contribution is -0.142. The average Bonchev–Trinajstić information content (AvgIpc) is 3.47. The minimum absolute atomic E-state index is 0.0241. The molecule has 9 heteroatoms. The Morgan fingerprint density at radius 1 is 1.03 bits per heavy atom. The molecule has 2 N–H and O–H groups in total. The molecule has 9 nitrogen and oxygen atoms in total. The highest BCUT2D eigenvalue weighted by Crippen LogP contribution is 2.42. The van der Waals surface area contributed by atoms with Crippen molar-refractivity contribution in [1.29, 1.82) is 0 Å². The second kappa shape index (κ2) is 11.0. The van der Waals surface area contributed by atoms with Crippen molar-refractivity contribution >= 4 is 24.0 Å². The lowest BCUT2D eigenvalue weighted by Gasteiger charge is -2.37. The molecule has 36 heavy (non-hydrogen) atoms. The Kier molecular flexibility index (Phi) is 8.05. The lowest BCUT2D eigenvalue weighted by Crippen LogP contribution is -2.61. The summed E-state index contributed by atoms with van der Waals surface area (Å²) in [4.78, 5) is 62.2. The van der Waals surface area contributed by atoms with E-state index in [4.69, 9.17) is 0 Å². The zero-order valence-electron chi connectivity index (χ0n) is 21.6. The minimum Gasteiger partial charge on any atom is -0.342 e. The van der Waals surface area contributed by atoms with E-state index in [-0.39, 0.29) is 29.3 Å². The van der Waals surface area contributed by atoms with E-state index in [0.29, 0.717) is 12.5 Å². The summed E-state index contributed by atoms with van der Waals surface area (Å²) in [5.74, 6) is -0.505. The van der Waals surface area contributed by atoms with Gasteiger partial charge in [-0.05, 0) is 48.9 Å². The summed E-state index contributed by atoms with van der Waals surface area (Å²) < 4.78 is 0. The van der Waals surface area contributed by atoms with E-state index >= 15 is 0 Å². The van der Waals surface area contributed by atoms with E-state index < -0.39 is 29.4 Å². The van der Waals surface area contributed by atoms with Gasteiger partial charge in [-0.2, -0.15) is 0 Å². The summed E-state index contributed by atoms with van der Waals surface area (Å²) in [7, 11) is 0. The number of nitrogens with one attached hydrogen (secondary N) is 2. The maximum Gasteiger partial charge on any atom is 0.272 e. The van der Waals surface area contributed by atoms with E-state index in [0.717, 1.165) is 57.7 Å². The van der Waals surface area contributed by atoms with Gasteiger partial charge in [0, 0.05) is 18.9 Å². The fourth-order valence-electron chi connectivity index (χ4n) is 6.30. The topological polar surface area (TPSA) is 121 Å². The van der Waals surface area contributed by atoms with Gasteiger partial charge in [0.1, 0.15) is 24.1 Å². The molecule has 3 unspecified atom stereocenters. The fourth-order valence-corrected chi connectivity index (χ4v) is 6.30. The molecule has 0 aromatic carbocycles. The second-order valence-electron chi connectivity index (χ2n) is 11.7. The number of carbonyl (C=O) groups is 4. The van der Waals surface area contributed by atoms with E-state index in [2.05, 4.69) is 20.6 Å². The molecular weight excluding hydrogens is 458 g/mol. The van der Waals surface area contributed by atoms with Crippen molar-refractivity contribution in [2.45, 2.75) is 90.3 Å². The molecule has 2 heterocycles. The van der Waals surface area contributed by atoms with Gasteiger partial charge < -0.3 is 20.3 Å². The predicted octanol–water partition coefficient (Wildman–Crippen LogP) is 2.51. The zero-order chi connectivity index (χ0) is 25.9. The van der Waals surface area contributed by atoms with Gasteiger partial charge in [-0.25, -0.2) is 4.98 Å². The van der Waals surface area contributed by atoms with Gasteiger partial charge in [-0.3, -0.25) is 19.4 Å². The van der Waals surface area contributed by atoms with E-state index in [9.17, 15) is 19.2 Å². The molecule has 1 aromatic heterocycles. The monoisotopic (exact) mass is 497 g/mol. The number of nitrogens with zero attached hydrogens (tertiary/aromatic N) is 3. The first kappa shape index (κ1) is 26.2. The largest absolute Gasteiger partial charge is 0.342 e. The molecule has 1 aromatic rings. The van der Waals surface area contributed by atoms with Gasteiger partial charge in [-0.1, -0.05) is 46.5 Å². The second-order valence-corrected chi connectivity index (χ2v) is 11.7. The Balaban J connectivity index is 1.54. The van der Waals surface area contributed by atoms with Crippen LogP contribution in [0.1, 0.15) is 82.6 Å². The Morgan fingerprint density at radius 2 is 1.78 bits per heavy atom. The number of aldehydes is 1. The average molecular weight is 498 g/mol. The van der Waals surface area contributed by atoms with Crippen molar-refractivity contribution in [2.75, 3.05) is 6.54 Å². The fraction of sp³-hybridized carbons (Fsp3) is 0.704. The molecule has 2 aliphatic carbocycles. The van der Waals surface area contributed by atoms with E-state index in [1.54, 1.807) is 4.90 Å². The highest BCUT2D eigenvalue weighted by molar-refractivity contribution is 5.97. The minimum atomic E-state index is -0.814. The predicted molar refractivity (Wildman–Crippen MR) is 134 cm³/mol. The summed E-state index contributed by atoms with van der Waals surface area (Å²) in [6.07, 6.45) is 13.0. The highest BCUT2D eigenvalue weighted by atomic mass is 16.2. The van der Waals surface area contributed by atoms with Crippen molar-refractivity contribution in [2.24, 2.45) is 23.2 Å². The molecular formula is C27H39N5O4. The molecule has 1 aliphatic heterocycles. The summed E-state index contributed by atoms with van der Waals surface area (Å²) in [6.45, 7) is 6.30. The molecule has 3 aliphatic rings. The number of hydrogen-bond donors (Lipinski definition) is 2. The standard InChI is InChI=1S/C27H39N5O4/c1-27(2,3)23(26(36)32-15-18-10-7-11-19(18)21(32)16-33)31-25(35)22(17-8-5-4-6-9-17)30-24(34)20-14-28-12-13-29-20/h12-14,16-19,21-23H,4-11,15H2,1-3H3,(H,30,34)(H,31,35)/t18?,19?,21-,22+,23?/m1/s1. The van der Waals surface area contributed by atoms with Crippen LogP contribution in [0.4, 0.5) is 0 Å². The third-order valence-electron chi connectivity index (χ3n) is 8.26. The number of likely N-dealkylation sites (tertiary alicyclic amines) is 1. The molecule has 1 saturated heterocycles. The molecule has 2 saturated carbocycles. The molecule has 3 amide bonds. The molecule has 0 radical (unpaired) electrons. The van der Waals surface area contributed by atoms with E-state index in [1.807, 2.05) is 20.8 Å². The number of aromatic nitrogens is 2. The quantitative estimate of drug-likeness (QED) is 0.559. The maximum absolute atomic E-state index is 13.8. The van der Waals surface area contributed by atoms with Crippen LogP contribution >= 0.6 is 0 Å². The third-order valence-corrected chi connectivity index (χ3v) is 8.26. The van der Waals surface area contributed by atoms with E-state index in [1.165, 1.54) is 18.6 Å². The highest BCUT2D eigenvalue weighted by Gasteiger charge is 2.49. The van der Waals surface area contributed by atoms with Crippen LogP contribution in [0.2, 0.25) is 0 Å². The molecule has 0 spiro atoms. The summed E-state index contributed by atoms with van der Waals surface area (Å²) >= 11 is 0. The van der Waals surface area contributed by atoms with Gasteiger partial charge in [0.15, 0.2) is 0 Å². The van der Waals surface area contributed by atoms with Crippen LogP contribution in [0.15, 0.2) is 18.6 Å². The number of hydrogen-bond acceptors (Lipinski definition) is 6. The first-order valence-corrected chi connectivity index (χ1v) is 13.3. The Morgan fingerprint density at radius 3 is 2.42 bits per heavy atom. The van der Waals surface area contributed by atoms with Gasteiger partial charge in [-0.15, -0.1) is 0 Å². The van der Waals surface area contributed by atoms with Gasteiger partial charge in [0.05, 0.1) is 12.2 Å².